The molecule has 0 atom stereocenters. The van der Waals surface area contributed by atoms with Crippen LogP contribution in [0.2, 0.25) is 0 Å². The molecule has 2 N–H and O–H groups in total. The molecule has 1 aliphatic heterocycles. The van der Waals surface area contributed by atoms with Gasteiger partial charge in [0.05, 0.1) is 6.61 Å². The van der Waals surface area contributed by atoms with Crippen LogP contribution in [-0.2, 0) is 16.1 Å². The van der Waals surface area contributed by atoms with E-state index in [9.17, 15) is 9.59 Å². The van der Waals surface area contributed by atoms with Gasteiger partial charge in [0.25, 0.3) is 5.91 Å². The molecule has 0 unspecified atom stereocenters. The predicted molar refractivity (Wildman–Crippen MR) is 70.4 cm³/mol. The number of aryl methyl sites for hydroxylation is 1. The number of urea groups is 1. The molecule has 1 aliphatic rings. The van der Waals surface area contributed by atoms with E-state index < -0.39 is 11.9 Å². The van der Waals surface area contributed by atoms with Crippen molar-refractivity contribution in [2.45, 2.75) is 20.4 Å². The molecule has 0 saturated carbocycles. The Labute approximate surface area is 111 Å². The number of ether oxygens (including phenoxy) is 1. The SMILES string of the molecule is COCCn1c(C)cc(/C=C2/NC(=O)NC2=O)c1C. The van der Waals surface area contributed by atoms with Crippen LogP contribution < -0.4 is 10.6 Å². The van der Waals surface area contributed by atoms with Gasteiger partial charge in [0, 0.05) is 25.0 Å². The molecular weight excluding hydrogens is 246 g/mol. The Morgan fingerprint density at radius 2 is 2.05 bits per heavy atom. The maximum atomic E-state index is 11.5. The van der Waals surface area contributed by atoms with Gasteiger partial charge in [-0.3, -0.25) is 10.1 Å². The van der Waals surface area contributed by atoms with Crippen molar-refractivity contribution in [1.29, 1.82) is 0 Å². The van der Waals surface area contributed by atoms with E-state index in [1.54, 1.807) is 13.2 Å². The van der Waals surface area contributed by atoms with Crippen LogP contribution >= 0.6 is 0 Å². The molecule has 0 radical (unpaired) electrons. The summed E-state index contributed by atoms with van der Waals surface area (Å²) < 4.78 is 7.19. The van der Waals surface area contributed by atoms with E-state index in [1.807, 2.05) is 19.9 Å². The maximum Gasteiger partial charge on any atom is 0.326 e. The highest BCUT2D eigenvalue weighted by molar-refractivity contribution is 6.14. The monoisotopic (exact) mass is 263 g/mol. The fourth-order valence-electron chi connectivity index (χ4n) is 2.14. The van der Waals surface area contributed by atoms with Crippen LogP contribution in [-0.4, -0.2) is 30.2 Å². The quantitative estimate of drug-likeness (QED) is 0.627. The van der Waals surface area contributed by atoms with Crippen LogP contribution in [0.1, 0.15) is 17.0 Å². The molecule has 6 heteroatoms. The second kappa shape index (κ2) is 5.27. The molecule has 0 aromatic carbocycles. The minimum absolute atomic E-state index is 0.275. The number of nitrogens with zero attached hydrogens (tertiary/aromatic N) is 1. The first-order chi connectivity index (χ1) is 9.02. The maximum absolute atomic E-state index is 11.5. The lowest BCUT2D eigenvalue weighted by molar-refractivity contribution is -0.115. The lowest BCUT2D eigenvalue weighted by Crippen LogP contribution is -2.22. The summed E-state index contributed by atoms with van der Waals surface area (Å²) in [6.07, 6.45) is 1.69. The van der Waals surface area contributed by atoms with Gasteiger partial charge in [-0.1, -0.05) is 0 Å². The Morgan fingerprint density at radius 3 is 2.63 bits per heavy atom. The minimum atomic E-state index is -0.482. The van der Waals surface area contributed by atoms with Crippen LogP contribution in [0.3, 0.4) is 0 Å². The number of imide groups is 1. The normalized spacial score (nSPS) is 16.9. The third-order valence-electron chi connectivity index (χ3n) is 3.15. The third kappa shape index (κ3) is 2.68. The Morgan fingerprint density at radius 1 is 1.32 bits per heavy atom. The van der Waals surface area contributed by atoms with Gasteiger partial charge in [-0.15, -0.1) is 0 Å². The van der Waals surface area contributed by atoms with Gasteiger partial charge in [-0.05, 0) is 31.6 Å². The smallest absolute Gasteiger partial charge is 0.326 e. The van der Waals surface area contributed by atoms with E-state index in [0.717, 1.165) is 23.5 Å². The second-order valence-electron chi connectivity index (χ2n) is 4.44. The van der Waals surface area contributed by atoms with Gasteiger partial charge in [-0.25, -0.2) is 4.79 Å². The van der Waals surface area contributed by atoms with Crippen molar-refractivity contribution >= 4 is 18.0 Å². The summed E-state index contributed by atoms with van der Waals surface area (Å²) in [5.41, 5.74) is 3.32. The third-order valence-corrected chi connectivity index (χ3v) is 3.15. The zero-order valence-electron chi connectivity index (χ0n) is 11.2. The Bertz CT molecular complexity index is 558. The van der Waals surface area contributed by atoms with Gasteiger partial charge >= 0.3 is 6.03 Å². The molecule has 102 valence electrons. The van der Waals surface area contributed by atoms with Crippen molar-refractivity contribution < 1.29 is 14.3 Å². The van der Waals surface area contributed by atoms with Crippen LogP contribution in [0.4, 0.5) is 4.79 Å². The molecule has 1 fully saturated rings. The summed E-state index contributed by atoms with van der Waals surface area (Å²) in [6.45, 7) is 5.36. The van der Waals surface area contributed by atoms with Crippen molar-refractivity contribution in [3.05, 3.63) is 28.7 Å². The Hall–Kier alpha value is -2.08. The van der Waals surface area contributed by atoms with E-state index in [-0.39, 0.29) is 5.70 Å². The van der Waals surface area contributed by atoms with Crippen molar-refractivity contribution in [2.75, 3.05) is 13.7 Å². The highest BCUT2D eigenvalue weighted by atomic mass is 16.5. The van der Waals surface area contributed by atoms with Crippen LogP contribution in [0.25, 0.3) is 6.08 Å². The van der Waals surface area contributed by atoms with E-state index in [2.05, 4.69) is 15.2 Å². The summed E-state index contributed by atoms with van der Waals surface area (Å²) >= 11 is 0. The summed E-state index contributed by atoms with van der Waals surface area (Å²) in [5.74, 6) is -0.397. The average molecular weight is 263 g/mol. The van der Waals surface area contributed by atoms with Crippen LogP contribution in [0, 0.1) is 13.8 Å². The number of rotatable bonds is 4. The molecule has 1 aromatic rings. The average Bonchev–Trinajstić information content (AvgIpc) is 2.79. The van der Waals surface area contributed by atoms with Crippen molar-refractivity contribution in [3.8, 4) is 0 Å². The molecule has 0 spiro atoms. The molecule has 1 aromatic heterocycles. The van der Waals surface area contributed by atoms with E-state index in [4.69, 9.17) is 4.74 Å². The van der Waals surface area contributed by atoms with Gasteiger partial charge in [0.2, 0.25) is 0 Å². The van der Waals surface area contributed by atoms with Gasteiger partial charge in [0.1, 0.15) is 5.70 Å². The highest BCUT2D eigenvalue weighted by Gasteiger charge is 2.23. The molecule has 2 rings (SSSR count). The standard InChI is InChI=1S/C13H17N3O3/c1-8-6-10(9(2)16(8)4-5-19-3)7-11-12(17)15-13(18)14-11/h6-7H,4-5H2,1-3H3,(H2,14,15,17,18)/b11-7+. The molecule has 0 bridgehead atoms. The van der Waals surface area contributed by atoms with E-state index in [1.165, 1.54) is 0 Å². The first kappa shape index (κ1) is 13.4. The van der Waals surface area contributed by atoms with Gasteiger partial charge < -0.3 is 14.6 Å². The number of carbonyl (C=O) groups excluding carboxylic acids is 2. The Kier molecular flexibility index (Phi) is 3.71. The molecule has 2 heterocycles. The number of amides is 3. The Balaban J connectivity index is 2.29. The molecule has 3 amide bonds. The van der Waals surface area contributed by atoms with Crippen LogP contribution in [0.15, 0.2) is 11.8 Å². The second-order valence-corrected chi connectivity index (χ2v) is 4.44. The van der Waals surface area contributed by atoms with Crippen molar-refractivity contribution in [2.24, 2.45) is 0 Å². The summed E-state index contributed by atoms with van der Waals surface area (Å²) in [4.78, 5) is 22.5. The molecule has 6 nitrogen and oxygen atoms in total. The highest BCUT2D eigenvalue weighted by Crippen LogP contribution is 2.18. The molecule has 1 saturated heterocycles. The first-order valence-corrected chi connectivity index (χ1v) is 6.02. The fraction of sp³-hybridized carbons (Fsp3) is 0.385. The topological polar surface area (TPSA) is 72.4 Å². The van der Waals surface area contributed by atoms with E-state index >= 15 is 0 Å². The zero-order chi connectivity index (χ0) is 14.0. The van der Waals surface area contributed by atoms with E-state index in [0.29, 0.717) is 6.61 Å². The number of carbonyl (C=O) groups is 2. The lowest BCUT2D eigenvalue weighted by Gasteiger charge is -2.08. The molecular formula is C13H17N3O3. The number of hydrogen-bond donors (Lipinski definition) is 2. The largest absolute Gasteiger partial charge is 0.383 e. The summed E-state index contributed by atoms with van der Waals surface area (Å²) in [6, 6.07) is 1.50. The lowest BCUT2D eigenvalue weighted by atomic mass is 10.2. The molecule has 19 heavy (non-hydrogen) atoms. The van der Waals surface area contributed by atoms with Gasteiger partial charge in [-0.2, -0.15) is 0 Å². The first-order valence-electron chi connectivity index (χ1n) is 6.02. The van der Waals surface area contributed by atoms with Crippen molar-refractivity contribution in [1.82, 2.24) is 15.2 Å². The summed E-state index contributed by atoms with van der Waals surface area (Å²) in [7, 11) is 1.66. The zero-order valence-corrected chi connectivity index (χ0v) is 11.2. The summed E-state index contributed by atoms with van der Waals surface area (Å²) in [5, 5.41) is 4.66. The van der Waals surface area contributed by atoms with Crippen LogP contribution in [0.5, 0.6) is 0 Å². The van der Waals surface area contributed by atoms with Crippen molar-refractivity contribution in [3.63, 3.8) is 0 Å². The fourth-order valence-corrected chi connectivity index (χ4v) is 2.14. The predicted octanol–water partition coefficient (Wildman–Crippen LogP) is 0.932. The molecule has 0 aliphatic carbocycles. The van der Waals surface area contributed by atoms with Gasteiger partial charge in [0.15, 0.2) is 0 Å². The number of methoxy groups -OCH3 is 1. The number of aromatic nitrogens is 1. The number of hydrogen-bond acceptors (Lipinski definition) is 3. The minimum Gasteiger partial charge on any atom is -0.383 e. The number of nitrogens with one attached hydrogen (secondary N) is 2.